The Kier molecular flexibility index (Phi) is 5.53. The van der Waals surface area contributed by atoms with Crippen LogP contribution in [0.4, 0.5) is 0 Å². The fraction of sp³-hybridized carbons (Fsp3) is 0.545. The van der Waals surface area contributed by atoms with Crippen LogP contribution in [-0.2, 0) is 4.79 Å². The minimum absolute atomic E-state index is 0.0116. The maximum absolute atomic E-state index is 10.7. The van der Waals surface area contributed by atoms with E-state index in [4.69, 9.17) is 11.6 Å². The van der Waals surface area contributed by atoms with E-state index in [1.165, 1.54) is 13.0 Å². The van der Waals surface area contributed by atoms with E-state index < -0.39 is 0 Å². The van der Waals surface area contributed by atoms with Gasteiger partial charge in [-0.2, -0.15) is 0 Å². The first-order valence-electron chi connectivity index (χ1n) is 4.42. The largest absolute Gasteiger partial charge is 0.295 e. The van der Waals surface area contributed by atoms with Gasteiger partial charge in [0.1, 0.15) is 0 Å². The fourth-order valence-electron chi connectivity index (χ4n) is 1.03. The molecule has 0 aromatic heterocycles. The van der Waals surface area contributed by atoms with Crippen LogP contribution in [0.3, 0.4) is 0 Å². The number of ketones is 1. The van der Waals surface area contributed by atoms with Gasteiger partial charge >= 0.3 is 0 Å². The van der Waals surface area contributed by atoms with Crippen LogP contribution in [0.15, 0.2) is 22.1 Å². The van der Waals surface area contributed by atoms with Crippen LogP contribution in [-0.4, -0.2) is 12.0 Å². The molecule has 0 saturated carbocycles. The van der Waals surface area contributed by atoms with E-state index in [9.17, 15) is 4.79 Å². The van der Waals surface area contributed by atoms with Gasteiger partial charge in [0.05, 0.1) is 5.03 Å². The van der Waals surface area contributed by atoms with E-state index in [1.54, 1.807) is 17.8 Å². The predicted molar refractivity (Wildman–Crippen MR) is 65.7 cm³/mol. The second kappa shape index (κ2) is 5.62. The van der Waals surface area contributed by atoms with Crippen molar-refractivity contribution in [2.24, 2.45) is 5.41 Å². The number of hydrogen-bond donors (Lipinski definition) is 0. The third-order valence-corrected chi connectivity index (χ3v) is 3.23. The molecule has 0 aromatic carbocycles. The average Bonchev–Trinajstić information content (AvgIpc) is 1.99. The molecule has 3 heteroatoms. The van der Waals surface area contributed by atoms with Gasteiger partial charge in [0.2, 0.25) is 0 Å². The van der Waals surface area contributed by atoms with Gasteiger partial charge in [-0.25, -0.2) is 0 Å². The lowest BCUT2D eigenvalue weighted by atomic mass is 9.95. The normalized spacial score (nSPS) is 14.4. The number of thioether (sulfide) groups is 1. The highest BCUT2D eigenvalue weighted by molar-refractivity contribution is 8.02. The maximum Gasteiger partial charge on any atom is 0.152 e. The molecule has 80 valence electrons. The molecule has 0 atom stereocenters. The van der Waals surface area contributed by atoms with Crippen LogP contribution in [0.2, 0.25) is 0 Å². The Morgan fingerprint density at radius 3 is 2.07 bits per heavy atom. The standard InChI is InChI=1S/C11H17ClOS/c1-8(13)6-7-9(12)10(14-5)11(2,3)4/h6-7H,1-5H3/b7-6+,10-9+. The van der Waals surface area contributed by atoms with Gasteiger partial charge in [0.15, 0.2) is 5.78 Å². The van der Waals surface area contributed by atoms with Crippen molar-refractivity contribution in [1.29, 1.82) is 0 Å². The maximum atomic E-state index is 10.7. The lowest BCUT2D eigenvalue weighted by molar-refractivity contribution is -0.112. The van der Waals surface area contributed by atoms with Crippen molar-refractivity contribution >= 4 is 29.1 Å². The number of rotatable bonds is 3. The van der Waals surface area contributed by atoms with Crippen LogP contribution in [0.25, 0.3) is 0 Å². The first-order valence-corrected chi connectivity index (χ1v) is 6.02. The predicted octanol–water partition coefficient (Wildman–Crippen LogP) is 3.99. The van der Waals surface area contributed by atoms with Crippen LogP contribution in [0, 0.1) is 5.41 Å². The average molecular weight is 233 g/mol. The van der Waals surface area contributed by atoms with E-state index in [0.717, 1.165) is 4.91 Å². The van der Waals surface area contributed by atoms with E-state index in [1.807, 2.05) is 6.26 Å². The van der Waals surface area contributed by atoms with Gasteiger partial charge in [0.25, 0.3) is 0 Å². The number of allylic oxidation sites excluding steroid dienone is 4. The Morgan fingerprint density at radius 2 is 1.79 bits per heavy atom. The summed E-state index contributed by atoms with van der Waals surface area (Å²) in [5.74, 6) is 0.0116. The Bertz CT molecular complexity index is 272. The van der Waals surface area contributed by atoms with Crippen LogP contribution in [0.5, 0.6) is 0 Å². The van der Waals surface area contributed by atoms with Gasteiger partial charge < -0.3 is 0 Å². The molecule has 0 N–H and O–H groups in total. The quantitative estimate of drug-likeness (QED) is 0.541. The van der Waals surface area contributed by atoms with Crippen LogP contribution in [0.1, 0.15) is 27.7 Å². The second-order valence-corrected chi connectivity index (χ2v) is 5.30. The topological polar surface area (TPSA) is 17.1 Å². The molecule has 0 aliphatic carbocycles. The molecule has 0 heterocycles. The first kappa shape index (κ1) is 13.8. The molecule has 0 radical (unpaired) electrons. The van der Waals surface area contributed by atoms with Crippen LogP contribution < -0.4 is 0 Å². The molecular formula is C11H17ClOS. The SMILES string of the molecule is CS/C(=C(Cl)\C=C\C(C)=O)C(C)(C)C. The summed E-state index contributed by atoms with van der Waals surface area (Å²) in [5.41, 5.74) is 0.0254. The molecule has 0 spiro atoms. The van der Waals surface area contributed by atoms with Crippen molar-refractivity contribution in [2.45, 2.75) is 27.7 Å². The van der Waals surface area contributed by atoms with Crippen molar-refractivity contribution in [2.75, 3.05) is 6.26 Å². The summed E-state index contributed by atoms with van der Waals surface area (Å²) < 4.78 is 0. The highest BCUT2D eigenvalue weighted by atomic mass is 35.5. The molecule has 0 unspecified atom stereocenters. The summed E-state index contributed by atoms with van der Waals surface area (Å²) in [7, 11) is 0. The zero-order chi connectivity index (χ0) is 11.4. The van der Waals surface area contributed by atoms with E-state index in [2.05, 4.69) is 20.8 Å². The zero-order valence-electron chi connectivity index (χ0n) is 9.35. The van der Waals surface area contributed by atoms with E-state index >= 15 is 0 Å². The summed E-state index contributed by atoms with van der Waals surface area (Å²) in [4.78, 5) is 11.8. The second-order valence-electron chi connectivity index (χ2n) is 4.08. The summed E-state index contributed by atoms with van der Waals surface area (Å²) in [6.07, 6.45) is 5.15. The van der Waals surface area contributed by atoms with Gasteiger partial charge in [-0.05, 0) is 30.7 Å². The highest BCUT2D eigenvalue weighted by Gasteiger charge is 2.18. The minimum Gasteiger partial charge on any atom is -0.295 e. The third kappa shape index (κ3) is 4.87. The number of carbonyl (C=O) groups excluding carboxylic acids is 1. The summed E-state index contributed by atoms with van der Waals surface area (Å²) >= 11 is 7.72. The van der Waals surface area contributed by atoms with E-state index in [-0.39, 0.29) is 11.2 Å². The van der Waals surface area contributed by atoms with Crippen molar-refractivity contribution < 1.29 is 4.79 Å². The molecule has 1 nitrogen and oxygen atoms in total. The summed E-state index contributed by atoms with van der Waals surface area (Å²) in [5, 5.41) is 0.653. The van der Waals surface area contributed by atoms with Crippen LogP contribution >= 0.6 is 23.4 Å². The monoisotopic (exact) mass is 232 g/mol. The van der Waals surface area contributed by atoms with Gasteiger partial charge in [0, 0.05) is 4.91 Å². The Labute approximate surface area is 95.6 Å². The molecular weight excluding hydrogens is 216 g/mol. The minimum atomic E-state index is 0.0116. The number of carbonyl (C=O) groups is 1. The molecule has 0 amide bonds. The molecule has 0 saturated heterocycles. The lowest BCUT2D eigenvalue weighted by Crippen LogP contribution is -2.07. The number of halogens is 1. The molecule has 0 aliphatic rings. The highest BCUT2D eigenvalue weighted by Crippen LogP contribution is 2.37. The summed E-state index contributed by atoms with van der Waals surface area (Å²) in [6, 6.07) is 0. The fourth-order valence-corrected chi connectivity index (χ4v) is 2.48. The zero-order valence-corrected chi connectivity index (χ0v) is 10.9. The van der Waals surface area contributed by atoms with E-state index in [0.29, 0.717) is 5.03 Å². The van der Waals surface area contributed by atoms with Gasteiger partial charge in [-0.3, -0.25) is 4.79 Å². The molecule has 0 aliphatic heterocycles. The van der Waals surface area contributed by atoms with Crippen molar-refractivity contribution in [3.05, 3.63) is 22.1 Å². The smallest absolute Gasteiger partial charge is 0.152 e. The molecule has 0 aromatic rings. The summed E-state index contributed by atoms with van der Waals surface area (Å²) in [6.45, 7) is 7.81. The Morgan fingerprint density at radius 1 is 1.29 bits per heavy atom. The third-order valence-electron chi connectivity index (χ3n) is 1.57. The lowest BCUT2D eigenvalue weighted by Gasteiger charge is -2.22. The molecule has 0 fully saturated rings. The molecule has 0 rings (SSSR count). The van der Waals surface area contributed by atoms with Gasteiger partial charge in [-0.1, -0.05) is 32.4 Å². The molecule has 14 heavy (non-hydrogen) atoms. The van der Waals surface area contributed by atoms with Crippen molar-refractivity contribution in [3.8, 4) is 0 Å². The van der Waals surface area contributed by atoms with Crippen molar-refractivity contribution in [3.63, 3.8) is 0 Å². The first-order chi connectivity index (χ1) is 6.29. The Balaban J connectivity index is 4.95. The molecule has 0 bridgehead atoms. The Hall–Kier alpha value is -0.210. The number of hydrogen-bond acceptors (Lipinski definition) is 2. The van der Waals surface area contributed by atoms with Gasteiger partial charge in [-0.15, -0.1) is 11.8 Å². The van der Waals surface area contributed by atoms with Crippen molar-refractivity contribution in [1.82, 2.24) is 0 Å².